The van der Waals surface area contributed by atoms with E-state index in [1.807, 2.05) is 0 Å². The van der Waals surface area contributed by atoms with Crippen LogP contribution in [0.3, 0.4) is 0 Å². The largest absolute Gasteiger partial charge is 0.243 e. The number of nitrogens with zero attached hydrogens (tertiary/aromatic N) is 3. The average molecular weight is 421 g/mol. The van der Waals surface area contributed by atoms with Crippen LogP contribution in [0.1, 0.15) is 23.8 Å². The minimum Gasteiger partial charge on any atom is -0.207 e. The molecule has 146 valence electrons. The van der Waals surface area contributed by atoms with Gasteiger partial charge in [0.15, 0.2) is 5.01 Å². The highest BCUT2D eigenvalue weighted by Gasteiger charge is 2.32. The molecule has 1 fully saturated rings. The van der Waals surface area contributed by atoms with E-state index < -0.39 is 15.8 Å². The Hall–Kier alpha value is -2.23. The Kier molecular flexibility index (Phi) is 5.22. The normalized spacial score (nSPS) is 18.3. The topological polar surface area (TPSA) is 63.2 Å². The van der Waals surface area contributed by atoms with Gasteiger partial charge in [-0.15, -0.1) is 10.2 Å². The Labute approximate surface area is 165 Å². The van der Waals surface area contributed by atoms with Crippen molar-refractivity contribution in [1.82, 2.24) is 14.5 Å². The van der Waals surface area contributed by atoms with Crippen LogP contribution in [0.5, 0.6) is 0 Å². The molecule has 1 aromatic heterocycles. The second-order valence-corrected chi connectivity index (χ2v) is 9.53. The summed E-state index contributed by atoms with van der Waals surface area (Å²) in [6.45, 7) is 0.667. The van der Waals surface area contributed by atoms with Crippen LogP contribution in [0, 0.1) is 11.6 Å². The molecule has 28 heavy (non-hydrogen) atoms. The van der Waals surface area contributed by atoms with Gasteiger partial charge in [0, 0.05) is 24.6 Å². The van der Waals surface area contributed by atoms with Crippen LogP contribution in [0.4, 0.5) is 8.78 Å². The van der Waals surface area contributed by atoms with Gasteiger partial charge in [-0.25, -0.2) is 17.2 Å². The van der Waals surface area contributed by atoms with Gasteiger partial charge in [0.05, 0.1) is 4.90 Å². The molecule has 1 aliphatic rings. The van der Waals surface area contributed by atoms with Crippen LogP contribution in [-0.4, -0.2) is 36.0 Å². The van der Waals surface area contributed by atoms with Gasteiger partial charge in [-0.3, -0.25) is 0 Å². The summed E-state index contributed by atoms with van der Waals surface area (Å²) in [5.74, 6) is -0.957. The van der Waals surface area contributed by atoms with Crippen LogP contribution in [-0.2, 0) is 10.0 Å². The molecule has 1 aliphatic heterocycles. The maximum atomic E-state index is 14.0. The molecular weight excluding hydrogens is 404 g/mol. The van der Waals surface area contributed by atoms with Gasteiger partial charge in [-0.2, -0.15) is 4.31 Å². The molecular formula is C19H17F2N3O2S2. The maximum absolute atomic E-state index is 14.0. The summed E-state index contributed by atoms with van der Waals surface area (Å²) in [6.07, 6.45) is 1.46. The van der Waals surface area contributed by atoms with E-state index in [9.17, 15) is 17.2 Å². The molecule has 1 saturated heterocycles. The van der Waals surface area contributed by atoms with E-state index >= 15 is 0 Å². The first-order chi connectivity index (χ1) is 13.4. The molecule has 1 atom stereocenters. The molecule has 2 heterocycles. The molecule has 0 N–H and O–H groups in total. The molecule has 4 rings (SSSR count). The van der Waals surface area contributed by atoms with E-state index in [4.69, 9.17) is 0 Å². The van der Waals surface area contributed by atoms with Crippen molar-refractivity contribution in [3.8, 4) is 10.6 Å². The number of hydrogen-bond donors (Lipinski definition) is 0. The van der Waals surface area contributed by atoms with Crippen molar-refractivity contribution in [3.63, 3.8) is 0 Å². The van der Waals surface area contributed by atoms with Crippen LogP contribution in [0.15, 0.2) is 53.4 Å². The lowest BCUT2D eigenvalue weighted by Gasteiger charge is -2.30. The van der Waals surface area contributed by atoms with Crippen molar-refractivity contribution >= 4 is 21.4 Å². The van der Waals surface area contributed by atoms with E-state index in [1.165, 1.54) is 33.8 Å². The molecule has 1 unspecified atom stereocenters. The Morgan fingerprint density at radius 1 is 1.04 bits per heavy atom. The van der Waals surface area contributed by atoms with Crippen molar-refractivity contribution in [2.24, 2.45) is 0 Å². The van der Waals surface area contributed by atoms with Gasteiger partial charge in [0.2, 0.25) is 10.0 Å². The summed E-state index contributed by atoms with van der Waals surface area (Å²) < 4.78 is 54.2. The molecule has 0 saturated carbocycles. The van der Waals surface area contributed by atoms with E-state index in [2.05, 4.69) is 10.2 Å². The first-order valence-electron chi connectivity index (χ1n) is 8.79. The van der Waals surface area contributed by atoms with E-state index in [0.717, 1.165) is 18.6 Å². The fourth-order valence-electron chi connectivity index (χ4n) is 3.26. The lowest BCUT2D eigenvalue weighted by atomic mass is 10.0. The zero-order valence-electron chi connectivity index (χ0n) is 14.8. The second kappa shape index (κ2) is 7.65. The standard InChI is InChI=1S/C19H17F2N3O2S2/c20-14-7-9-15(10-8-14)28(25,26)24-11-3-4-13(12-24)18-22-23-19(27-18)16-5-1-2-6-17(16)21/h1-2,5-10,13H,3-4,11-12H2. The summed E-state index contributed by atoms with van der Waals surface area (Å²) in [6, 6.07) is 11.2. The molecule has 2 aromatic carbocycles. The predicted molar refractivity (Wildman–Crippen MR) is 102 cm³/mol. The number of halogens is 2. The molecule has 0 aliphatic carbocycles. The molecule has 0 spiro atoms. The second-order valence-electron chi connectivity index (χ2n) is 6.58. The van der Waals surface area contributed by atoms with Crippen LogP contribution >= 0.6 is 11.3 Å². The average Bonchev–Trinajstić information content (AvgIpc) is 3.19. The summed E-state index contributed by atoms with van der Waals surface area (Å²) in [7, 11) is -3.71. The highest BCUT2D eigenvalue weighted by atomic mass is 32.2. The van der Waals surface area contributed by atoms with Crippen molar-refractivity contribution in [3.05, 3.63) is 65.2 Å². The summed E-state index contributed by atoms with van der Waals surface area (Å²) in [5.41, 5.74) is 0.387. The first-order valence-corrected chi connectivity index (χ1v) is 11.0. The third-order valence-corrected chi connectivity index (χ3v) is 7.73. The van der Waals surface area contributed by atoms with Gasteiger partial charge in [0.1, 0.15) is 16.6 Å². The zero-order valence-corrected chi connectivity index (χ0v) is 16.4. The summed E-state index contributed by atoms with van der Waals surface area (Å²) >= 11 is 1.28. The maximum Gasteiger partial charge on any atom is 0.243 e. The zero-order chi connectivity index (χ0) is 19.7. The molecule has 5 nitrogen and oxygen atoms in total. The number of hydrogen-bond acceptors (Lipinski definition) is 5. The number of aromatic nitrogens is 2. The number of benzene rings is 2. The smallest absolute Gasteiger partial charge is 0.207 e. The van der Waals surface area contributed by atoms with Crippen molar-refractivity contribution < 1.29 is 17.2 Å². The molecule has 0 radical (unpaired) electrons. The fraction of sp³-hybridized carbons (Fsp3) is 0.263. The Morgan fingerprint density at radius 2 is 1.79 bits per heavy atom. The SMILES string of the molecule is O=S(=O)(c1ccc(F)cc1)N1CCCC(c2nnc(-c3ccccc3F)s2)C1. The third kappa shape index (κ3) is 3.69. The fourth-order valence-corrected chi connectivity index (χ4v) is 5.78. The minimum absolute atomic E-state index is 0.0684. The highest BCUT2D eigenvalue weighted by molar-refractivity contribution is 7.89. The molecule has 3 aromatic rings. The van der Waals surface area contributed by atoms with Crippen LogP contribution in [0.25, 0.3) is 10.6 Å². The van der Waals surface area contributed by atoms with Crippen molar-refractivity contribution in [1.29, 1.82) is 0 Å². The van der Waals surface area contributed by atoms with Crippen molar-refractivity contribution in [2.45, 2.75) is 23.7 Å². The highest BCUT2D eigenvalue weighted by Crippen LogP contribution is 2.35. The number of rotatable bonds is 4. The quantitative estimate of drug-likeness (QED) is 0.638. The summed E-state index contributed by atoms with van der Waals surface area (Å²) in [5, 5.41) is 9.46. The lowest BCUT2D eigenvalue weighted by molar-refractivity contribution is 0.314. The Balaban J connectivity index is 1.56. The van der Waals surface area contributed by atoms with Gasteiger partial charge >= 0.3 is 0 Å². The van der Waals surface area contributed by atoms with E-state index in [1.54, 1.807) is 18.2 Å². The van der Waals surface area contributed by atoms with Crippen LogP contribution in [0.2, 0.25) is 0 Å². The molecule has 0 bridgehead atoms. The third-order valence-electron chi connectivity index (χ3n) is 4.73. The van der Waals surface area contributed by atoms with Gasteiger partial charge in [-0.1, -0.05) is 23.5 Å². The molecule has 9 heteroatoms. The van der Waals surface area contributed by atoms with Crippen molar-refractivity contribution in [2.75, 3.05) is 13.1 Å². The lowest BCUT2D eigenvalue weighted by Crippen LogP contribution is -2.39. The number of piperidine rings is 1. The molecule has 0 amide bonds. The monoisotopic (exact) mass is 421 g/mol. The van der Waals surface area contributed by atoms with Crippen LogP contribution < -0.4 is 0 Å². The number of sulfonamides is 1. The Morgan fingerprint density at radius 3 is 2.54 bits per heavy atom. The van der Waals surface area contributed by atoms with E-state index in [0.29, 0.717) is 28.5 Å². The van der Waals surface area contributed by atoms with E-state index in [-0.39, 0.29) is 23.2 Å². The van der Waals surface area contributed by atoms with Gasteiger partial charge in [0.25, 0.3) is 0 Å². The van der Waals surface area contributed by atoms with Gasteiger partial charge < -0.3 is 0 Å². The first kappa shape index (κ1) is 19.1. The summed E-state index contributed by atoms with van der Waals surface area (Å²) in [4.78, 5) is 0.0684. The minimum atomic E-state index is -3.71. The van der Waals surface area contributed by atoms with Gasteiger partial charge in [-0.05, 0) is 49.2 Å². The predicted octanol–water partition coefficient (Wildman–Crippen LogP) is 4.05. The Bertz CT molecular complexity index is 1080.